The summed E-state index contributed by atoms with van der Waals surface area (Å²) in [5, 5.41) is 2.91. The number of benzene rings is 2. The van der Waals surface area contributed by atoms with Crippen LogP contribution in [0.5, 0.6) is 11.5 Å². The Morgan fingerprint density at radius 3 is 2.44 bits per heavy atom. The Hall–Kier alpha value is -3.55. The smallest absolute Gasteiger partial charge is 0.314 e. The molecule has 2 aromatic carbocycles. The average molecular weight is 367 g/mol. The number of carbonyl (C=O) groups excluding carboxylic acids is 1. The van der Waals surface area contributed by atoms with E-state index in [9.17, 15) is 14.4 Å². The lowest BCUT2D eigenvalue weighted by Crippen LogP contribution is -2.29. The second-order valence-corrected chi connectivity index (χ2v) is 6.27. The van der Waals surface area contributed by atoms with Crippen LogP contribution in [0, 0.1) is 0 Å². The average Bonchev–Trinajstić information content (AvgIpc) is 2.68. The molecular weight excluding hydrogens is 350 g/mol. The van der Waals surface area contributed by atoms with Gasteiger partial charge in [-0.2, -0.15) is 0 Å². The summed E-state index contributed by atoms with van der Waals surface area (Å²) in [6, 6.07) is 9.97. The first-order valence-corrected chi connectivity index (χ1v) is 8.48. The van der Waals surface area contributed by atoms with Crippen molar-refractivity contribution in [1.82, 2.24) is 15.3 Å². The molecule has 0 spiro atoms. The summed E-state index contributed by atoms with van der Waals surface area (Å²) in [4.78, 5) is 40.3. The van der Waals surface area contributed by atoms with E-state index < -0.39 is 11.1 Å². The van der Waals surface area contributed by atoms with Crippen molar-refractivity contribution >= 4 is 16.9 Å². The molecule has 0 unspecified atom stereocenters. The molecule has 1 aliphatic rings. The number of aromatic nitrogens is 2. The molecule has 2 heterocycles. The molecule has 1 amide bonds. The number of ether oxygens (including phenoxy) is 2. The second-order valence-electron chi connectivity index (χ2n) is 6.27. The van der Waals surface area contributed by atoms with Gasteiger partial charge < -0.3 is 24.8 Å². The Morgan fingerprint density at radius 1 is 0.963 bits per heavy atom. The highest BCUT2D eigenvalue weighted by atomic mass is 16.6. The first-order valence-electron chi connectivity index (χ1n) is 8.48. The lowest BCUT2D eigenvalue weighted by atomic mass is 10.1. The number of H-pyrrole nitrogens is 2. The van der Waals surface area contributed by atoms with Gasteiger partial charge in [0.1, 0.15) is 13.2 Å². The van der Waals surface area contributed by atoms with Crippen molar-refractivity contribution in [2.24, 2.45) is 0 Å². The van der Waals surface area contributed by atoms with Crippen molar-refractivity contribution < 1.29 is 14.3 Å². The van der Waals surface area contributed by atoms with Crippen LogP contribution in [0.15, 0.2) is 46.0 Å². The van der Waals surface area contributed by atoms with E-state index in [1.807, 2.05) is 25.1 Å². The van der Waals surface area contributed by atoms with E-state index in [0.29, 0.717) is 41.3 Å². The molecular formula is C19H17N3O5. The quantitative estimate of drug-likeness (QED) is 0.607. The van der Waals surface area contributed by atoms with E-state index in [1.54, 1.807) is 12.1 Å². The molecule has 27 heavy (non-hydrogen) atoms. The zero-order chi connectivity index (χ0) is 19.0. The van der Waals surface area contributed by atoms with Gasteiger partial charge in [0, 0.05) is 5.56 Å². The van der Waals surface area contributed by atoms with Crippen LogP contribution in [-0.4, -0.2) is 29.1 Å². The normalized spacial score (nSPS) is 14.0. The van der Waals surface area contributed by atoms with Crippen LogP contribution in [0.4, 0.5) is 0 Å². The molecule has 0 aliphatic carbocycles. The molecule has 8 heteroatoms. The molecule has 4 rings (SSSR count). The predicted molar refractivity (Wildman–Crippen MR) is 98.5 cm³/mol. The van der Waals surface area contributed by atoms with Gasteiger partial charge >= 0.3 is 11.1 Å². The van der Waals surface area contributed by atoms with Crippen molar-refractivity contribution in [1.29, 1.82) is 0 Å². The fourth-order valence-corrected chi connectivity index (χ4v) is 2.95. The van der Waals surface area contributed by atoms with Crippen LogP contribution in [0.2, 0.25) is 0 Å². The maximum absolute atomic E-state index is 12.6. The monoisotopic (exact) mass is 367 g/mol. The number of carbonyl (C=O) groups is 1. The van der Waals surface area contributed by atoms with Gasteiger partial charge in [-0.25, -0.2) is 0 Å². The van der Waals surface area contributed by atoms with Gasteiger partial charge in [0.05, 0.1) is 17.1 Å². The first-order chi connectivity index (χ1) is 13.0. The molecule has 138 valence electrons. The van der Waals surface area contributed by atoms with Crippen LogP contribution >= 0.6 is 0 Å². The summed E-state index contributed by atoms with van der Waals surface area (Å²) in [6.07, 6.45) is 0. The van der Waals surface area contributed by atoms with Gasteiger partial charge in [-0.05, 0) is 42.8 Å². The zero-order valence-electron chi connectivity index (χ0n) is 14.5. The number of hydrogen-bond acceptors (Lipinski definition) is 5. The minimum Gasteiger partial charge on any atom is -0.486 e. The van der Waals surface area contributed by atoms with E-state index in [2.05, 4.69) is 15.3 Å². The van der Waals surface area contributed by atoms with Crippen LogP contribution < -0.4 is 25.9 Å². The van der Waals surface area contributed by atoms with Crippen molar-refractivity contribution in [2.45, 2.75) is 13.0 Å². The number of aromatic amines is 2. The van der Waals surface area contributed by atoms with E-state index in [4.69, 9.17) is 9.47 Å². The minimum absolute atomic E-state index is 0.265. The van der Waals surface area contributed by atoms with E-state index in [0.717, 1.165) is 5.56 Å². The van der Waals surface area contributed by atoms with Gasteiger partial charge in [0.2, 0.25) is 0 Å². The van der Waals surface area contributed by atoms with E-state index >= 15 is 0 Å². The predicted octanol–water partition coefficient (Wildman–Crippen LogP) is 1.48. The molecule has 0 saturated carbocycles. The lowest BCUT2D eigenvalue weighted by molar-refractivity contribution is 0.0940. The van der Waals surface area contributed by atoms with Gasteiger partial charge in [-0.3, -0.25) is 14.4 Å². The molecule has 1 atom stereocenters. The van der Waals surface area contributed by atoms with E-state index in [-0.39, 0.29) is 11.9 Å². The number of hydrogen-bond donors (Lipinski definition) is 3. The third kappa shape index (κ3) is 3.29. The minimum atomic E-state index is -0.760. The fraction of sp³-hybridized carbons (Fsp3) is 0.211. The summed E-state index contributed by atoms with van der Waals surface area (Å²) in [5.41, 5.74) is 0.604. The molecule has 1 aliphatic heterocycles. The number of amides is 1. The van der Waals surface area contributed by atoms with Crippen molar-refractivity contribution in [3.8, 4) is 11.5 Å². The lowest BCUT2D eigenvalue weighted by Gasteiger charge is -2.21. The van der Waals surface area contributed by atoms with Crippen LogP contribution in [0.25, 0.3) is 11.0 Å². The van der Waals surface area contributed by atoms with Crippen LogP contribution in [0.1, 0.15) is 28.9 Å². The number of rotatable bonds is 3. The van der Waals surface area contributed by atoms with Crippen molar-refractivity contribution in [2.75, 3.05) is 13.2 Å². The summed E-state index contributed by atoms with van der Waals surface area (Å²) in [5.74, 6) is 1.05. The zero-order valence-corrected chi connectivity index (χ0v) is 14.5. The molecule has 3 N–H and O–H groups in total. The summed E-state index contributed by atoms with van der Waals surface area (Å²) < 4.78 is 11.1. The van der Waals surface area contributed by atoms with E-state index in [1.165, 1.54) is 6.07 Å². The molecule has 0 saturated heterocycles. The van der Waals surface area contributed by atoms with Crippen molar-refractivity contribution in [3.05, 3.63) is 68.2 Å². The van der Waals surface area contributed by atoms with Gasteiger partial charge in [-0.1, -0.05) is 6.07 Å². The fourth-order valence-electron chi connectivity index (χ4n) is 2.95. The third-order valence-corrected chi connectivity index (χ3v) is 4.40. The molecule has 1 aromatic heterocycles. The first kappa shape index (κ1) is 16.9. The number of fused-ring (bicyclic) bond motifs is 2. The Labute approximate surface area is 153 Å². The van der Waals surface area contributed by atoms with Crippen LogP contribution in [0.3, 0.4) is 0 Å². The molecule has 3 aromatic rings. The third-order valence-electron chi connectivity index (χ3n) is 4.40. The molecule has 0 radical (unpaired) electrons. The Morgan fingerprint density at radius 2 is 1.67 bits per heavy atom. The van der Waals surface area contributed by atoms with Crippen molar-refractivity contribution in [3.63, 3.8) is 0 Å². The number of nitrogens with one attached hydrogen (secondary N) is 3. The Balaban J connectivity index is 1.56. The summed E-state index contributed by atoms with van der Waals surface area (Å²) in [6.45, 7) is 2.88. The molecule has 0 fully saturated rings. The Kier molecular flexibility index (Phi) is 4.15. The van der Waals surface area contributed by atoms with Gasteiger partial charge in [0.15, 0.2) is 11.5 Å². The van der Waals surface area contributed by atoms with Gasteiger partial charge in [-0.15, -0.1) is 0 Å². The second kappa shape index (κ2) is 6.64. The SMILES string of the molecule is C[C@H](NC(=O)c1ccc2[nH]c(=O)c(=O)[nH]c2c1)c1ccc2c(c1)OCCO2. The highest BCUT2D eigenvalue weighted by Crippen LogP contribution is 2.32. The molecule has 0 bridgehead atoms. The highest BCUT2D eigenvalue weighted by Gasteiger charge is 2.17. The summed E-state index contributed by atoms with van der Waals surface area (Å²) >= 11 is 0. The van der Waals surface area contributed by atoms with Gasteiger partial charge in [0.25, 0.3) is 5.91 Å². The standard InChI is InChI=1S/C19H17N3O5/c1-10(11-3-5-15-16(9-11)27-7-6-26-15)20-17(23)12-2-4-13-14(8-12)22-19(25)18(24)21-13/h2-5,8-10H,6-7H2,1H3,(H,20,23)(H,21,24)(H,22,25)/t10-/m0/s1. The summed E-state index contributed by atoms with van der Waals surface area (Å²) in [7, 11) is 0. The molecule has 8 nitrogen and oxygen atoms in total. The highest BCUT2D eigenvalue weighted by molar-refractivity contribution is 5.97. The largest absolute Gasteiger partial charge is 0.486 e. The maximum atomic E-state index is 12.6. The Bertz CT molecular complexity index is 1150. The topological polar surface area (TPSA) is 113 Å². The maximum Gasteiger partial charge on any atom is 0.314 e. The van der Waals surface area contributed by atoms with Crippen LogP contribution in [-0.2, 0) is 0 Å².